The molecule has 0 heterocycles. The Morgan fingerprint density at radius 3 is 2.65 bits per heavy atom. The minimum Gasteiger partial charge on any atom is -0.310 e. The molecule has 26 heavy (non-hydrogen) atoms. The minimum atomic E-state index is -5.37. The summed E-state index contributed by atoms with van der Waals surface area (Å²) in [6, 6.07) is -14.6. The van der Waals surface area contributed by atoms with Crippen molar-refractivity contribution in [2.24, 2.45) is 0 Å². The van der Waals surface area contributed by atoms with E-state index in [0.29, 0.717) is 0 Å². The first-order chi connectivity index (χ1) is 19.7. The van der Waals surface area contributed by atoms with Gasteiger partial charge in [-0.3, -0.25) is 0 Å². The van der Waals surface area contributed by atoms with Gasteiger partial charge in [0.1, 0.15) is 0 Å². The Kier molecular flexibility index (Phi) is 1.94. The first kappa shape index (κ1) is 6.38. The van der Waals surface area contributed by atoms with Gasteiger partial charge in [0, 0.05) is 15.6 Å². The third-order valence-electron chi connectivity index (χ3n) is 3.16. The van der Waals surface area contributed by atoms with Gasteiger partial charge in [-0.2, -0.15) is 13.2 Å². The predicted octanol–water partition coefficient (Wildman–Crippen LogP) is 6.14. The maximum Gasteiger partial charge on any atom is 0.416 e. The highest BCUT2D eigenvalue weighted by molar-refractivity contribution is 5.86. The summed E-state index contributed by atoms with van der Waals surface area (Å²) in [4.78, 5) is 0. The fraction of sp³-hybridized carbons (Fsp3) is 0.273. The fourth-order valence-corrected chi connectivity index (χ4v) is 1.99. The molecule has 0 bridgehead atoms. The van der Waals surface area contributed by atoms with Gasteiger partial charge in [-0.15, -0.1) is 0 Å². The van der Waals surface area contributed by atoms with Crippen molar-refractivity contribution in [2.45, 2.75) is 31.9 Å². The zero-order valence-corrected chi connectivity index (χ0v) is 12.9. The van der Waals surface area contributed by atoms with E-state index in [1.54, 1.807) is 0 Å². The van der Waals surface area contributed by atoms with Crippen LogP contribution in [0.2, 0.25) is 0 Å². The minimum absolute atomic E-state index is 0.664. The van der Waals surface area contributed by atoms with Crippen LogP contribution in [-0.4, -0.2) is 6.50 Å². The van der Waals surface area contributed by atoms with E-state index in [9.17, 15) is 13.2 Å². The summed E-state index contributed by atoms with van der Waals surface area (Å²) in [5.74, 6) is 0. The van der Waals surface area contributed by atoms with Crippen LogP contribution in [0.25, 0.3) is 10.8 Å². The van der Waals surface area contributed by atoms with Crippen LogP contribution in [0, 0.1) is 0 Å². The van der Waals surface area contributed by atoms with Gasteiger partial charge in [-0.25, -0.2) is 0 Å². The molecule has 0 unspecified atom stereocenters. The molecule has 0 aliphatic carbocycles. The van der Waals surface area contributed by atoms with Gasteiger partial charge in [-0.05, 0) is 54.1 Å². The Balaban J connectivity index is 2.29. The Labute approximate surface area is 177 Å². The van der Waals surface area contributed by atoms with Crippen LogP contribution >= 0.6 is 0 Å². The molecular formula is C22H22F3N. The van der Waals surface area contributed by atoms with E-state index in [4.69, 9.17) is 24.7 Å². The smallest absolute Gasteiger partial charge is 0.310 e. The number of benzene rings is 3. The van der Waals surface area contributed by atoms with E-state index in [2.05, 4.69) is 0 Å². The molecule has 0 aromatic heterocycles. The highest BCUT2D eigenvalue weighted by Gasteiger charge is 2.30. The molecule has 0 aliphatic rings. The van der Waals surface area contributed by atoms with Gasteiger partial charge >= 0.3 is 6.18 Å². The standard InChI is InChI=1S/C22H22F3N/c1-16(20-13-5-10-18-9-2-3-12-21(18)20)26-14-6-8-17-7-4-11-19(15-17)22(23,24)25/h2-5,7,9-13,15-16,26H,6,8,14H2,1H3/t16-/m1/s1/i1D3,2D,3D,4D,5D,6D2,7D,9D,10D,11D,12D,13D,14D2,15D. The number of hydrogen-bond donors (Lipinski definition) is 1. The molecule has 0 saturated carbocycles. The van der Waals surface area contributed by atoms with Crippen LogP contribution in [0.3, 0.4) is 0 Å². The number of halogens is 3. The molecular weight excluding hydrogens is 335 g/mol. The van der Waals surface area contributed by atoms with Crippen molar-refractivity contribution in [3.8, 4) is 0 Å². The third kappa shape index (κ3) is 4.44. The number of nitrogens with one attached hydrogen (secondary N) is 1. The molecule has 3 rings (SSSR count). The van der Waals surface area contributed by atoms with Gasteiger partial charge < -0.3 is 5.32 Å². The lowest BCUT2D eigenvalue weighted by Gasteiger charge is -2.17. The van der Waals surface area contributed by atoms with Crippen molar-refractivity contribution in [1.29, 1.82) is 0 Å². The maximum absolute atomic E-state index is 13.6. The molecule has 0 saturated heterocycles. The summed E-state index contributed by atoms with van der Waals surface area (Å²) in [6.07, 6.45) is -10.3. The SMILES string of the molecule is [2H]c1c([2H])c(CC([2H])([2H])C([2H])([2H])N[C@@H](c2c([2H])c([2H])c([2H])c3c([2H])c([2H])c([2H])c([2H])c23)C([2H])([2H])[2H])c([2H])c(C(F)(F)F)c1[2H]. The summed E-state index contributed by atoms with van der Waals surface area (Å²) in [7, 11) is 0. The third-order valence-corrected chi connectivity index (χ3v) is 3.16. The lowest BCUT2D eigenvalue weighted by molar-refractivity contribution is -0.137. The van der Waals surface area contributed by atoms with Crippen molar-refractivity contribution in [2.75, 3.05) is 6.50 Å². The van der Waals surface area contributed by atoms with Crippen molar-refractivity contribution in [3.63, 3.8) is 0 Å². The molecule has 1 N–H and O–H groups in total. The van der Waals surface area contributed by atoms with Gasteiger partial charge in [-0.1, -0.05) is 60.4 Å². The van der Waals surface area contributed by atoms with E-state index >= 15 is 0 Å². The number of alkyl halides is 3. The first-order valence-corrected chi connectivity index (χ1v) is 7.14. The zero-order valence-electron chi connectivity index (χ0n) is 30.9. The van der Waals surface area contributed by atoms with Gasteiger partial charge in [0.25, 0.3) is 0 Å². The molecule has 0 radical (unpaired) electrons. The zero-order chi connectivity index (χ0) is 34.2. The molecule has 4 heteroatoms. The van der Waals surface area contributed by atoms with E-state index in [-0.39, 0.29) is 0 Å². The van der Waals surface area contributed by atoms with Crippen LogP contribution in [0.15, 0.2) is 66.5 Å². The molecule has 3 aromatic rings. The van der Waals surface area contributed by atoms with E-state index in [0.717, 1.165) is 0 Å². The van der Waals surface area contributed by atoms with Crippen molar-refractivity contribution in [3.05, 3.63) is 83.2 Å². The lowest BCUT2D eigenvalue weighted by atomic mass is 9.99. The molecule has 3 aromatic carbocycles. The normalized spacial score (nSPS) is 24.6. The van der Waals surface area contributed by atoms with Gasteiger partial charge in [0.05, 0.1) is 20.6 Å². The highest BCUT2D eigenvalue weighted by Crippen LogP contribution is 2.29. The Hall–Kier alpha value is -2.33. The average molecular weight is 376 g/mol. The van der Waals surface area contributed by atoms with Crippen LogP contribution in [0.4, 0.5) is 13.2 Å². The number of rotatable bonds is 6. The number of hydrogen-bond acceptors (Lipinski definition) is 1. The Morgan fingerprint density at radius 2 is 1.85 bits per heavy atom. The summed E-state index contributed by atoms with van der Waals surface area (Å²) in [5, 5.41) is 0.438. The molecule has 0 fully saturated rings. The van der Waals surface area contributed by atoms with Crippen LogP contribution in [-0.2, 0) is 12.6 Å². The molecule has 1 atom stereocenters. The molecule has 1 nitrogen and oxygen atoms in total. The Bertz CT molecular complexity index is 1660. The van der Waals surface area contributed by atoms with Gasteiger partial charge in [0.2, 0.25) is 0 Å². The quantitative estimate of drug-likeness (QED) is 0.545. The summed E-state index contributed by atoms with van der Waals surface area (Å²) in [6.45, 7) is -7.05. The van der Waals surface area contributed by atoms with E-state index in [1.165, 1.54) is 0 Å². The van der Waals surface area contributed by atoms with E-state index in [1.807, 2.05) is 5.32 Å². The van der Waals surface area contributed by atoms with Crippen molar-refractivity contribution >= 4 is 10.8 Å². The van der Waals surface area contributed by atoms with Crippen LogP contribution in [0.5, 0.6) is 0 Å². The second-order valence-corrected chi connectivity index (χ2v) is 4.95. The molecule has 0 amide bonds. The molecule has 136 valence electrons. The van der Waals surface area contributed by atoms with Crippen LogP contribution in [0.1, 0.15) is 60.6 Å². The first-order valence-electron chi connectivity index (χ1n) is 16.1. The number of fused-ring (bicyclic) bond motifs is 1. The second kappa shape index (κ2) is 7.92. The monoisotopic (exact) mass is 375 g/mol. The highest BCUT2D eigenvalue weighted by atomic mass is 19.4. The van der Waals surface area contributed by atoms with Gasteiger partial charge in [0.15, 0.2) is 0 Å². The summed E-state index contributed by atoms with van der Waals surface area (Å²) < 4.78 is 186. The largest absolute Gasteiger partial charge is 0.416 e. The predicted molar refractivity (Wildman–Crippen MR) is 100 cm³/mol. The maximum atomic E-state index is 13.6. The second-order valence-electron chi connectivity index (χ2n) is 4.95. The fourth-order valence-electron chi connectivity index (χ4n) is 1.99. The Morgan fingerprint density at radius 1 is 1.08 bits per heavy atom. The van der Waals surface area contributed by atoms with Crippen molar-refractivity contribution in [1.82, 2.24) is 5.32 Å². The molecule has 0 aliphatic heterocycles. The van der Waals surface area contributed by atoms with Crippen molar-refractivity contribution < 1.29 is 37.8 Å². The lowest BCUT2D eigenvalue weighted by Crippen LogP contribution is -2.20. The topological polar surface area (TPSA) is 12.0 Å². The molecule has 0 spiro atoms. The average Bonchev–Trinajstić information content (AvgIpc) is 2.88. The summed E-state index contributed by atoms with van der Waals surface area (Å²) in [5.41, 5.74) is -3.97. The summed E-state index contributed by atoms with van der Waals surface area (Å²) >= 11 is 0. The van der Waals surface area contributed by atoms with E-state index < -0.39 is 132 Å². The van der Waals surface area contributed by atoms with Crippen LogP contribution < -0.4 is 5.32 Å².